The van der Waals surface area contributed by atoms with Crippen LogP contribution in [0.1, 0.15) is 33.4 Å². The average molecular weight is 782 g/mol. The van der Waals surface area contributed by atoms with Crippen molar-refractivity contribution >= 4 is 23.7 Å². The fourth-order valence-corrected chi connectivity index (χ4v) is 17.6. The minimum absolute atomic E-state index is 0.526. The van der Waals surface area contributed by atoms with Crippen molar-refractivity contribution < 1.29 is 27.1 Å². The van der Waals surface area contributed by atoms with Crippen LogP contribution >= 0.6 is 23.7 Å². The number of para-hydroxylation sites is 3. The van der Waals surface area contributed by atoms with Crippen molar-refractivity contribution in [2.24, 2.45) is 4.52 Å². The molecular formula is C42H46N3O6P3. The van der Waals surface area contributed by atoms with E-state index < -0.39 is 23.7 Å². The maximum absolute atomic E-state index is 7.20. The van der Waals surface area contributed by atoms with E-state index in [1.54, 1.807) is 0 Å². The van der Waals surface area contributed by atoms with Gasteiger partial charge < -0.3 is 0 Å². The number of hydrogen-bond acceptors (Lipinski definition) is 9. The predicted octanol–water partition coefficient (Wildman–Crippen LogP) is 12.3. The Hall–Kier alpha value is -4.87. The standard InChI is InChI=1S/C42H46N3O6P3/c1-31-19-16-28-40(34(31)4)49-52(46-37-22-10-7-11-23-37)43-53(47-38-24-12-8-13-25-38,50-41-29-17-20-32(2)35(41)5)45-54(44-52,48-39-26-14-9-15-27-39)51-42-30-18-21-33(3)36(42)6/h7-30,43-44,52-53H,1-6H3. The normalized spacial score (nSPS) is 18.3. The molecule has 1 atom stereocenters. The Morgan fingerprint density at radius 3 is 1.41 bits per heavy atom. The molecule has 1 heterocycles. The van der Waals surface area contributed by atoms with Gasteiger partial charge in [-0.3, -0.25) is 0 Å². The van der Waals surface area contributed by atoms with E-state index in [9.17, 15) is 0 Å². The van der Waals surface area contributed by atoms with Crippen LogP contribution in [0.2, 0.25) is 0 Å². The van der Waals surface area contributed by atoms with Gasteiger partial charge in [0.1, 0.15) is 0 Å². The van der Waals surface area contributed by atoms with Crippen LogP contribution in [-0.2, 0) is 0 Å². The summed E-state index contributed by atoms with van der Waals surface area (Å²) in [6.07, 6.45) is 0. The summed E-state index contributed by atoms with van der Waals surface area (Å²) in [7, 11) is -12.2. The van der Waals surface area contributed by atoms with E-state index in [-0.39, 0.29) is 0 Å². The number of nitrogens with one attached hydrogen (secondary N) is 2. The van der Waals surface area contributed by atoms with Crippen LogP contribution in [0, 0.1) is 41.5 Å². The van der Waals surface area contributed by atoms with Crippen LogP contribution in [-0.4, -0.2) is 0 Å². The molecule has 0 amide bonds. The van der Waals surface area contributed by atoms with Crippen molar-refractivity contribution in [1.82, 2.24) is 9.72 Å². The number of hydrogen-bond donors (Lipinski definition) is 2. The Bertz CT molecular complexity index is 2300. The molecule has 12 heteroatoms. The van der Waals surface area contributed by atoms with E-state index in [4.69, 9.17) is 31.7 Å². The summed E-state index contributed by atoms with van der Waals surface area (Å²) in [4.78, 5) is 7.38. The van der Waals surface area contributed by atoms with Crippen LogP contribution in [0.5, 0.6) is 34.5 Å². The Balaban J connectivity index is 1.54. The summed E-state index contributed by atoms with van der Waals surface area (Å²) in [6.45, 7) is 12.2. The molecule has 0 spiro atoms. The second-order valence-electron chi connectivity index (χ2n) is 13.2. The van der Waals surface area contributed by atoms with Crippen molar-refractivity contribution in [1.29, 1.82) is 0 Å². The Morgan fingerprint density at radius 1 is 0.426 bits per heavy atom. The Labute approximate surface area is 319 Å². The van der Waals surface area contributed by atoms with E-state index in [1.165, 1.54) is 0 Å². The molecule has 54 heavy (non-hydrogen) atoms. The number of rotatable bonds is 12. The molecule has 6 aromatic rings. The zero-order chi connectivity index (χ0) is 37.8. The first-order valence-corrected chi connectivity index (χ1v) is 22.9. The first-order valence-electron chi connectivity index (χ1n) is 17.8. The van der Waals surface area contributed by atoms with Gasteiger partial charge in [-0.25, -0.2) is 0 Å². The van der Waals surface area contributed by atoms with Crippen molar-refractivity contribution in [3.05, 3.63) is 179 Å². The average Bonchev–Trinajstić information content (AvgIpc) is 3.15. The molecule has 9 nitrogen and oxygen atoms in total. The van der Waals surface area contributed by atoms with Gasteiger partial charge in [0.05, 0.1) is 0 Å². The number of aryl methyl sites for hydroxylation is 3. The SMILES string of the molecule is Cc1cccc(OP2(Oc3ccccc3)=N[PH](Oc3ccccc3)(Oc3cccc(C)c3C)N[PH](Oc3ccccc3)(Oc3cccc(C)c3C)N2)c1C. The first-order chi connectivity index (χ1) is 26.1. The third-order valence-electron chi connectivity index (χ3n) is 9.24. The van der Waals surface area contributed by atoms with Crippen LogP contribution in [0.4, 0.5) is 0 Å². The van der Waals surface area contributed by atoms with Crippen LogP contribution in [0.3, 0.4) is 0 Å². The fourth-order valence-electron chi connectivity index (χ4n) is 5.84. The van der Waals surface area contributed by atoms with Gasteiger partial charge >= 0.3 is 320 Å². The topological polar surface area (TPSA) is 91.8 Å². The Morgan fingerprint density at radius 2 is 0.870 bits per heavy atom. The molecule has 0 saturated heterocycles. The fraction of sp³-hybridized carbons (Fsp3) is 0.143. The summed E-state index contributed by atoms with van der Waals surface area (Å²) >= 11 is 0. The van der Waals surface area contributed by atoms with E-state index in [0.29, 0.717) is 34.5 Å². The molecular weight excluding hydrogens is 735 g/mol. The second kappa shape index (κ2) is 15.8. The first kappa shape index (κ1) is 37.4. The molecule has 2 N–H and O–H groups in total. The van der Waals surface area contributed by atoms with Crippen molar-refractivity contribution in [2.45, 2.75) is 41.5 Å². The van der Waals surface area contributed by atoms with Crippen molar-refractivity contribution in [3.8, 4) is 34.5 Å². The van der Waals surface area contributed by atoms with Crippen LogP contribution in [0.25, 0.3) is 0 Å². The van der Waals surface area contributed by atoms with Gasteiger partial charge in [0, 0.05) is 0 Å². The quantitative estimate of drug-likeness (QED) is 0.119. The summed E-state index contributed by atoms with van der Waals surface area (Å²) in [6, 6.07) is 46.2. The molecule has 280 valence electrons. The monoisotopic (exact) mass is 781 g/mol. The maximum atomic E-state index is 7.20. The molecule has 0 fully saturated rings. The van der Waals surface area contributed by atoms with E-state index >= 15 is 0 Å². The molecule has 1 aliphatic rings. The van der Waals surface area contributed by atoms with E-state index in [0.717, 1.165) is 33.4 Å². The molecule has 0 aliphatic carbocycles. The van der Waals surface area contributed by atoms with Gasteiger partial charge in [-0.15, -0.1) is 0 Å². The van der Waals surface area contributed by atoms with Crippen molar-refractivity contribution in [2.75, 3.05) is 0 Å². The van der Waals surface area contributed by atoms with Crippen LogP contribution < -0.4 is 36.9 Å². The van der Waals surface area contributed by atoms with Gasteiger partial charge in [-0.1, -0.05) is 0 Å². The molecule has 1 aliphatic heterocycles. The molecule has 1 unspecified atom stereocenters. The van der Waals surface area contributed by atoms with Gasteiger partial charge in [-0.05, 0) is 0 Å². The van der Waals surface area contributed by atoms with Gasteiger partial charge in [0.25, 0.3) is 0 Å². The number of nitrogens with zero attached hydrogens (tertiary/aromatic N) is 1. The van der Waals surface area contributed by atoms with E-state index in [1.807, 2.05) is 187 Å². The summed E-state index contributed by atoms with van der Waals surface area (Å²) in [5.41, 5.74) is 5.97. The summed E-state index contributed by atoms with van der Waals surface area (Å²) in [5, 5.41) is 0. The van der Waals surface area contributed by atoms with Gasteiger partial charge in [0.15, 0.2) is 0 Å². The third kappa shape index (κ3) is 8.42. The minimum atomic E-state index is -4.24. The van der Waals surface area contributed by atoms with E-state index in [2.05, 4.69) is 9.72 Å². The second-order valence-corrected chi connectivity index (χ2v) is 20.5. The number of benzene rings is 6. The van der Waals surface area contributed by atoms with Gasteiger partial charge in [0.2, 0.25) is 0 Å². The van der Waals surface area contributed by atoms with Crippen LogP contribution in [0.15, 0.2) is 150 Å². The Kier molecular flexibility index (Phi) is 11.0. The molecule has 0 bridgehead atoms. The van der Waals surface area contributed by atoms with Crippen molar-refractivity contribution in [3.63, 3.8) is 0 Å². The summed E-state index contributed by atoms with van der Waals surface area (Å²) < 4.78 is 48.2. The zero-order valence-corrected chi connectivity index (χ0v) is 34.1. The molecule has 7 rings (SSSR count). The zero-order valence-electron chi connectivity index (χ0n) is 31.2. The predicted molar refractivity (Wildman–Crippen MR) is 223 cm³/mol. The molecule has 6 aromatic carbocycles. The third-order valence-corrected chi connectivity index (χ3v) is 19.2. The molecule has 0 saturated carbocycles. The molecule has 0 radical (unpaired) electrons. The van der Waals surface area contributed by atoms with Gasteiger partial charge in [-0.2, -0.15) is 0 Å². The molecule has 0 aromatic heterocycles. The summed E-state index contributed by atoms with van der Waals surface area (Å²) in [5.74, 6) is 3.40.